The second-order valence-corrected chi connectivity index (χ2v) is 19.2. The first-order valence-electron chi connectivity index (χ1n) is 19.1. The van der Waals surface area contributed by atoms with Crippen LogP contribution >= 0.6 is 0 Å². The van der Waals surface area contributed by atoms with Crippen molar-refractivity contribution < 1.29 is 6.85 Å². The van der Waals surface area contributed by atoms with Crippen molar-refractivity contribution in [1.82, 2.24) is 15.0 Å². The van der Waals surface area contributed by atoms with Gasteiger partial charge in [-0.15, -0.1) is 0 Å². The predicted molar refractivity (Wildman–Crippen MR) is 208 cm³/mol. The standard InChI is InChI=1S/C45H39N3Si/c1-45(2)39-23-11-9-21-36(39)37-26-25-34(29-40(37)45)32-18-13-17-31(27-32)33-19-14-20-35(28-33)43-46-42(30-15-7-6-8-16-30)47-44(48-43)38-22-10-12-24-41(38)49(3,4)5/h6-29H,1-5H3/i6D,7D,8D,15D,16D. The van der Waals surface area contributed by atoms with Gasteiger partial charge in [-0.1, -0.05) is 161 Å². The smallest absolute Gasteiger partial charge is 0.164 e. The zero-order chi connectivity index (χ0) is 38.1. The Morgan fingerprint density at radius 3 is 1.69 bits per heavy atom. The second kappa shape index (κ2) is 11.9. The minimum absolute atomic E-state index is 0.0338. The van der Waals surface area contributed by atoms with Crippen molar-refractivity contribution in [3.8, 4) is 67.5 Å². The van der Waals surface area contributed by atoms with Crippen LogP contribution in [0.3, 0.4) is 0 Å². The van der Waals surface area contributed by atoms with Gasteiger partial charge < -0.3 is 0 Å². The summed E-state index contributed by atoms with van der Waals surface area (Å²) >= 11 is 0. The Balaban J connectivity index is 1.25. The van der Waals surface area contributed by atoms with Gasteiger partial charge in [0.05, 0.1) is 14.9 Å². The maximum atomic E-state index is 8.73. The van der Waals surface area contributed by atoms with Gasteiger partial charge in [0.1, 0.15) is 0 Å². The topological polar surface area (TPSA) is 38.7 Å². The van der Waals surface area contributed by atoms with Crippen molar-refractivity contribution in [3.05, 3.63) is 157 Å². The summed E-state index contributed by atoms with van der Waals surface area (Å²) in [6, 6.07) is 38.0. The van der Waals surface area contributed by atoms with E-state index in [1.54, 1.807) is 0 Å². The van der Waals surface area contributed by atoms with Gasteiger partial charge in [0.15, 0.2) is 17.5 Å². The molecule has 0 fully saturated rings. The monoisotopic (exact) mass is 654 g/mol. The molecular weight excluding hydrogens is 611 g/mol. The fraction of sp³-hybridized carbons (Fsp3) is 0.133. The van der Waals surface area contributed by atoms with Crippen LogP contribution in [-0.2, 0) is 5.41 Å². The molecule has 0 unspecified atom stereocenters. The molecule has 0 spiro atoms. The Morgan fingerprint density at radius 2 is 1.00 bits per heavy atom. The Bertz CT molecular complexity index is 2620. The minimum Gasteiger partial charge on any atom is -0.208 e. The molecule has 1 aromatic heterocycles. The second-order valence-electron chi connectivity index (χ2n) is 14.2. The van der Waals surface area contributed by atoms with Crippen molar-refractivity contribution in [2.45, 2.75) is 38.9 Å². The number of hydrogen-bond donors (Lipinski definition) is 0. The first kappa shape index (κ1) is 25.5. The molecule has 238 valence electrons. The van der Waals surface area contributed by atoms with E-state index in [1.165, 1.54) is 22.3 Å². The number of fused-ring (bicyclic) bond motifs is 3. The van der Waals surface area contributed by atoms with Crippen LogP contribution in [0.4, 0.5) is 0 Å². The zero-order valence-electron chi connectivity index (χ0n) is 33.3. The van der Waals surface area contributed by atoms with Crippen LogP contribution in [0.2, 0.25) is 19.6 Å². The SMILES string of the molecule is [2H]c1c([2H])c([2H])c(-c2nc(-c3cccc(-c4cccc(-c5ccc6c(c5)C(C)(C)c5ccccc5-6)c4)c3)nc(-c3ccccc3[Si](C)(C)C)n2)c([2H])c1[2H]. The van der Waals surface area contributed by atoms with E-state index < -0.39 is 26.2 Å². The Labute approximate surface area is 297 Å². The van der Waals surface area contributed by atoms with Gasteiger partial charge in [0, 0.05) is 22.1 Å². The normalized spacial score (nSPS) is 14.6. The summed E-state index contributed by atoms with van der Waals surface area (Å²) in [4.78, 5) is 14.6. The lowest BCUT2D eigenvalue weighted by atomic mass is 9.81. The molecule has 0 radical (unpaired) electrons. The van der Waals surface area contributed by atoms with Crippen molar-refractivity contribution in [3.63, 3.8) is 0 Å². The highest BCUT2D eigenvalue weighted by Gasteiger charge is 2.35. The number of hydrogen-bond acceptors (Lipinski definition) is 3. The van der Waals surface area contributed by atoms with Crippen molar-refractivity contribution in [2.24, 2.45) is 0 Å². The average molecular weight is 655 g/mol. The number of benzene rings is 6. The Hall–Kier alpha value is -5.45. The fourth-order valence-corrected chi connectivity index (χ4v) is 8.63. The molecule has 49 heavy (non-hydrogen) atoms. The summed E-state index contributed by atoms with van der Waals surface area (Å²) in [5, 5.41) is 1.15. The molecule has 3 nitrogen and oxygen atoms in total. The van der Waals surface area contributed by atoms with Crippen LogP contribution in [0.25, 0.3) is 67.5 Å². The molecule has 0 bridgehead atoms. The van der Waals surface area contributed by atoms with Gasteiger partial charge in [-0.3, -0.25) is 0 Å². The lowest BCUT2D eigenvalue weighted by Crippen LogP contribution is -2.39. The number of aromatic nitrogens is 3. The van der Waals surface area contributed by atoms with E-state index in [2.05, 4.69) is 112 Å². The number of rotatable bonds is 6. The van der Waals surface area contributed by atoms with Crippen LogP contribution in [0.5, 0.6) is 0 Å². The summed E-state index contributed by atoms with van der Waals surface area (Å²) in [7, 11) is -1.88. The minimum atomic E-state index is -1.88. The third-order valence-corrected chi connectivity index (χ3v) is 11.6. The molecule has 0 atom stereocenters. The van der Waals surface area contributed by atoms with Crippen LogP contribution in [0.1, 0.15) is 31.8 Å². The molecule has 7 aromatic rings. The van der Waals surface area contributed by atoms with Gasteiger partial charge in [-0.05, 0) is 67.9 Å². The molecule has 1 heterocycles. The molecule has 6 aromatic carbocycles. The first-order chi connectivity index (χ1) is 25.7. The molecule has 0 saturated carbocycles. The Morgan fingerprint density at radius 1 is 0.469 bits per heavy atom. The number of nitrogens with zero attached hydrogens (tertiary/aromatic N) is 3. The molecule has 0 N–H and O–H groups in total. The molecular formula is C45H39N3Si. The molecule has 8 rings (SSSR count). The zero-order valence-corrected chi connectivity index (χ0v) is 29.3. The van der Waals surface area contributed by atoms with Crippen LogP contribution in [0.15, 0.2) is 145 Å². The highest BCUT2D eigenvalue weighted by Crippen LogP contribution is 2.49. The molecule has 4 heteroatoms. The van der Waals surface area contributed by atoms with Gasteiger partial charge >= 0.3 is 0 Å². The van der Waals surface area contributed by atoms with Crippen molar-refractivity contribution in [2.75, 3.05) is 0 Å². The van der Waals surface area contributed by atoms with E-state index in [4.69, 9.17) is 21.8 Å². The highest BCUT2D eigenvalue weighted by molar-refractivity contribution is 6.89. The van der Waals surface area contributed by atoms with E-state index >= 15 is 0 Å². The average Bonchev–Trinajstić information content (AvgIpc) is 3.41. The molecule has 0 amide bonds. The van der Waals surface area contributed by atoms with E-state index in [1.807, 2.05) is 36.4 Å². The summed E-state index contributed by atoms with van der Waals surface area (Å²) in [5.74, 6) is 0.783. The first-order valence-corrected chi connectivity index (χ1v) is 20.1. The summed E-state index contributed by atoms with van der Waals surface area (Å²) in [5.41, 5.74) is 10.9. The van der Waals surface area contributed by atoms with E-state index in [-0.39, 0.29) is 28.9 Å². The lowest BCUT2D eigenvalue weighted by molar-refractivity contribution is 0.660. The van der Waals surface area contributed by atoms with E-state index in [9.17, 15) is 0 Å². The maximum absolute atomic E-state index is 8.73. The lowest BCUT2D eigenvalue weighted by Gasteiger charge is -2.22. The summed E-state index contributed by atoms with van der Waals surface area (Å²) in [6.07, 6.45) is 0. The molecule has 0 aliphatic heterocycles. The third kappa shape index (κ3) is 5.62. The van der Waals surface area contributed by atoms with Gasteiger partial charge in [0.25, 0.3) is 0 Å². The summed E-state index contributed by atoms with van der Waals surface area (Å²) in [6.45, 7) is 11.4. The van der Waals surface area contributed by atoms with Crippen LogP contribution in [-0.4, -0.2) is 23.0 Å². The quantitative estimate of drug-likeness (QED) is 0.168. The maximum Gasteiger partial charge on any atom is 0.164 e. The van der Waals surface area contributed by atoms with Crippen LogP contribution < -0.4 is 5.19 Å². The van der Waals surface area contributed by atoms with Crippen molar-refractivity contribution >= 4 is 13.3 Å². The predicted octanol–water partition coefficient (Wildman–Crippen LogP) is 11.1. The largest absolute Gasteiger partial charge is 0.208 e. The van der Waals surface area contributed by atoms with E-state index in [0.29, 0.717) is 11.6 Å². The molecule has 0 saturated heterocycles. The molecule has 1 aliphatic carbocycles. The fourth-order valence-electron chi connectivity index (χ4n) is 7.03. The highest BCUT2D eigenvalue weighted by atomic mass is 28.3. The Kier molecular flexibility index (Phi) is 6.21. The summed E-state index contributed by atoms with van der Waals surface area (Å²) < 4.78 is 42.3. The van der Waals surface area contributed by atoms with Gasteiger partial charge in [0.2, 0.25) is 0 Å². The van der Waals surface area contributed by atoms with E-state index in [0.717, 1.165) is 38.6 Å². The van der Waals surface area contributed by atoms with Gasteiger partial charge in [-0.25, -0.2) is 15.0 Å². The molecule has 1 aliphatic rings. The third-order valence-electron chi connectivity index (χ3n) is 9.57. The van der Waals surface area contributed by atoms with Crippen molar-refractivity contribution in [1.29, 1.82) is 0 Å². The van der Waals surface area contributed by atoms with Gasteiger partial charge in [-0.2, -0.15) is 0 Å². The van der Waals surface area contributed by atoms with Crippen LogP contribution in [0, 0.1) is 0 Å².